The van der Waals surface area contributed by atoms with Crippen LogP contribution >= 0.6 is 0 Å². The lowest BCUT2D eigenvalue weighted by Gasteiger charge is -2.31. The molecule has 6 nitrogen and oxygen atoms in total. The second-order valence-corrected chi connectivity index (χ2v) is 10.9. The van der Waals surface area contributed by atoms with Crippen molar-refractivity contribution in [1.82, 2.24) is 14.2 Å². The van der Waals surface area contributed by atoms with Gasteiger partial charge in [0.05, 0.1) is 4.90 Å². The molecule has 2 heterocycles. The lowest BCUT2D eigenvalue weighted by atomic mass is 9.96. The van der Waals surface area contributed by atoms with Gasteiger partial charge >= 0.3 is 0 Å². The van der Waals surface area contributed by atoms with Gasteiger partial charge in [-0.05, 0) is 69.4 Å². The van der Waals surface area contributed by atoms with Crippen LogP contribution in [-0.2, 0) is 27.8 Å². The Morgan fingerprint density at radius 2 is 1.82 bits per heavy atom. The van der Waals surface area contributed by atoms with Gasteiger partial charge in [-0.2, -0.15) is 4.31 Å². The Hall–Kier alpha value is -2.64. The summed E-state index contributed by atoms with van der Waals surface area (Å²) in [7, 11) is -3.57. The molecule has 1 amide bonds. The number of piperidine rings is 1. The zero-order chi connectivity index (χ0) is 23.4. The predicted molar refractivity (Wildman–Crippen MR) is 131 cm³/mol. The maximum atomic E-state index is 13.2. The van der Waals surface area contributed by atoms with Crippen molar-refractivity contribution >= 4 is 26.8 Å². The minimum absolute atomic E-state index is 0.0370. The first-order valence-electron chi connectivity index (χ1n) is 11.8. The highest BCUT2D eigenvalue weighted by molar-refractivity contribution is 7.89. The van der Waals surface area contributed by atoms with Gasteiger partial charge in [0.1, 0.15) is 0 Å². The van der Waals surface area contributed by atoms with Crippen molar-refractivity contribution in [2.75, 3.05) is 13.1 Å². The van der Waals surface area contributed by atoms with Gasteiger partial charge in [0, 0.05) is 48.7 Å². The number of amides is 1. The van der Waals surface area contributed by atoms with Crippen LogP contribution in [0.3, 0.4) is 0 Å². The van der Waals surface area contributed by atoms with Crippen molar-refractivity contribution in [3.63, 3.8) is 0 Å². The Balaban J connectivity index is 1.31. The third-order valence-corrected chi connectivity index (χ3v) is 8.54. The minimum Gasteiger partial charge on any atom is -0.353 e. The molecule has 1 N–H and O–H groups in total. The summed E-state index contributed by atoms with van der Waals surface area (Å²) in [6.45, 7) is 5.67. The first-order chi connectivity index (χ1) is 15.9. The van der Waals surface area contributed by atoms with E-state index < -0.39 is 10.0 Å². The van der Waals surface area contributed by atoms with E-state index in [1.165, 1.54) is 9.87 Å². The van der Waals surface area contributed by atoms with Crippen LogP contribution in [-0.4, -0.2) is 42.3 Å². The molecular weight excluding hydrogens is 434 g/mol. The van der Waals surface area contributed by atoms with E-state index >= 15 is 0 Å². The predicted octanol–water partition coefficient (Wildman–Crippen LogP) is 4.20. The quantitative estimate of drug-likeness (QED) is 0.540. The van der Waals surface area contributed by atoms with Gasteiger partial charge in [-0.15, -0.1) is 0 Å². The van der Waals surface area contributed by atoms with E-state index in [0.29, 0.717) is 30.8 Å². The van der Waals surface area contributed by atoms with Crippen LogP contribution in [0.15, 0.2) is 65.7 Å². The normalized spacial score (nSPS) is 16.7. The van der Waals surface area contributed by atoms with E-state index in [1.807, 2.05) is 43.5 Å². The smallest absolute Gasteiger partial charge is 0.243 e. The van der Waals surface area contributed by atoms with Gasteiger partial charge in [0.2, 0.25) is 15.9 Å². The number of carbonyl (C=O) groups is 1. The molecular formula is C26H33N3O3S. The molecule has 0 saturated carbocycles. The molecule has 3 aromatic rings. The van der Waals surface area contributed by atoms with E-state index in [9.17, 15) is 13.2 Å². The Morgan fingerprint density at radius 1 is 1.09 bits per heavy atom. The highest BCUT2D eigenvalue weighted by Crippen LogP contribution is 2.27. The van der Waals surface area contributed by atoms with E-state index in [-0.39, 0.29) is 17.9 Å². The SMILES string of the molecule is CCn1ccc2cc(S(=O)(=O)N3CCC(C(=O)NC(C)CCc4ccccc4)CC3)ccc21. The van der Waals surface area contributed by atoms with Gasteiger partial charge in [-0.25, -0.2) is 8.42 Å². The number of benzene rings is 2. The summed E-state index contributed by atoms with van der Waals surface area (Å²) in [5.41, 5.74) is 2.30. The lowest BCUT2D eigenvalue weighted by molar-refractivity contribution is -0.126. The van der Waals surface area contributed by atoms with Crippen molar-refractivity contribution in [3.8, 4) is 0 Å². The molecule has 176 valence electrons. The minimum atomic E-state index is -3.57. The number of nitrogens with one attached hydrogen (secondary N) is 1. The summed E-state index contributed by atoms with van der Waals surface area (Å²) in [5, 5.41) is 4.05. The van der Waals surface area contributed by atoms with E-state index in [1.54, 1.807) is 12.1 Å². The summed E-state index contributed by atoms with van der Waals surface area (Å²) >= 11 is 0. The van der Waals surface area contributed by atoms with Crippen LogP contribution in [0, 0.1) is 5.92 Å². The zero-order valence-electron chi connectivity index (χ0n) is 19.4. The van der Waals surface area contributed by atoms with E-state index in [4.69, 9.17) is 0 Å². The summed E-state index contributed by atoms with van der Waals surface area (Å²) in [6, 6.07) is 17.6. The van der Waals surface area contributed by atoms with Crippen LogP contribution in [0.1, 0.15) is 38.7 Å². The average Bonchev–Trinajstić information content (AvgIpc) is 3.26. The highest BCUT2D eigenvalue weighted by atomic mass is 32.2. The molecule has 1 unspecified atom stereocenters. The molecule has 1 fully saturated rings. The van der Waals surface area contributed by atoms with Crippen LogP contribution in [0.2, 0.25) is 0 Å². The van der Waals surface area contributed by atoms with Crippen LogP contribution < -0.4 is 5.32 Å². The standard InChI is InChI=1S/C26H33N3O3S/c1-3-28-16-13-23-19-24(11-12-25(23)28)33(31,32)29-17-14-22(15-18-29)26(30)27-20(2)9-10-21-7-5-4-6-8-21/h4-8,11-13,16,19-20,22H,3,9-10,14-15,17-18H2,1-2H3,(H,27,30). The van der Waals surface area contributed by atoms with Gasteiger partial charge in [-0.3, -0.25) is 4.79 Å². The molecule has 4 rings (SSSR count). The highest BCUT2D eigenvalue weighted by Gasteiger charge is 2.32. The van der Waals surface area contributed by atoms with Crippen LogP contribution in [0.5, 0.6) is 0 Å². The molecule has 1 saturated heterocycles. The Bertz CT molecular complexity index is 1200. The zero-order valence-corrected chi connectivity index (χ0v) is 20.2. The fraction of sp³-hybridized carbons (Fsp3) is 0.423. The van der Waals surface area contributed by atoms with Crippen LogP contribution in [0.25, 0.3) is 10.9 Å². The third-order valence-electron chi connectivity index (χ3n) is 6.64. The summed E-state index contributed by atoms with van der Waals surface area (Å²) in [5.74, 6) is -0.105. The molecule has 2 aromatic carbocycles. The van der Waals surface area contributed by atoms with Gasteiger partial charge in [0.25, 0.3) is 0 Å². The third kappa shape index (κ3) is 5.31. The number of aromatic nitrogens is 1. The monoisotopic (exact) mass is 467 g/mol. The molecule has 0 aliphatic carbocycles. The molecule has 1 atom stereocenters. The summed E-state index contributed by atoms with van der Waals surface area (Å²) < 4.78 is 30.0. The number of rotatable bonds is 8. The number of sulfonamides is 1. The molecule has 1 aromatic heterocycles. The fourth-order valence-electron chi connectivity index (χ4n) is 4.58. The molecule has 1 aliphatic heterocycles. The number of aryl methyl sites for hydroxylation is 2. The summed E-state index contributed by atoms with van der Waals surface area (Å²) in [4.78, 5) is 13.1. The second kappa shape index (κ2) is 10.1. The molecule has 0 radical (unpaired) electrons. The first kappa shape index (κ1) is 23.5. The molecule has 33 heavy (non-hydrogen) atoms. The Morgan fingerprint density at radius 3 is 2.52 bits per heavy atom. The maximum absolute atomic E-state index is 13.2. The van der Waals surface area contributed by atoms with Gasteiger partial charge < -0.3 is 9.88 Å². The maximum Gasteiger partial charge on any atom is 0.243 e. The van der Waals surface area contributed by atoms with Crippen LogP contribution in [0.4, 0.5) is 0 Å². The van der Waals surface area contributed by atoms with Crippen molar-refractivity contribution in [2.24, 2.45) is 5.92 Å². The number of hydrogen-bond donors (Lipinski definition) is 1. The van der Waals surface area contributed by atoms with Gasteiger partial charge in [0.15, 0.2) is 0 Å². The van der Waals surface area contributed by atoms with Gasteiger partial charge in [-0.1, -0.05) is 30.3 Å². The topological polar surface area (TPSA) is 71.4 Å². The number of nitrogens with zero attached hydrogens (tertiary/aromatic N) is 2. The molecule has 0 bridgehead atoms. The lowest BCUT2D eigenvalue weighted by Crippen LogP contribution is -2.44. The number of hydrogen-bond acceptors (Lipinski definition) is 3. The first-order valence-corrected chi connectivity index (χ1v) is 13.3. The van der Waals surface area contributed by atoms with Crippen molar-refractivity contribution in [2.45, 2.75) is 57.0 Å². The Labute approximate surface area is 196 Å². The Kier molecular flexibility index (Phi) is 7.20. The number of carbonyl (C=O) groups excluding carboxylic acids is 1. The second-order valence-electron chi connectivity index (χ2n) is 8.93. The van der Waals surface area contributed by atoms with Crippen molar-refractivity contribution in [1.29, 1.82) is 0 Å². The average molecular weight is 468 g/mol. The fourth-order valence-corrected chi connectivity index (χ4v) is 6.09. The van der Waals surface area contributed by atoms with Crippen molar-refractivity contribution < 1.29 is 13.2 Å². The largest absolute Gasteiger partial charge is 0.353 e. The molecule has 0 spiro atoms. The van der Waals surface area contributed by atoms with Crippen molar-refractivity contribution in [3.05, 3.63) is 66.4 Å². The number of fused-ring (bicyclic) bond motifs is 1. The van der Waals surface area contributed by atoms with E-state index in [2.05, 4.69) is 28.9 Å². The molecule has 7 heteroatoms. The summed E-state index contributed by atoms with van der Waals surface area (Å²) in [6.07, 6.45) is 4.87. The molecule has 1 aliphatic rings. The van der Waals surface area contributed by atoms with E-state index in [0.717, 1.165) is 30.3 Å².